The fourth-order valence-corrected chi connectivity index (χ4v) is 4.56. The van der Waals surface area contributed by atoms with Crippen molar-refractivity contribution in [2.45, 2.75) is 32.7 Å². The molecule has 5 nitrogen and oxygen atoms in total. The number of aliphatic carboxylic acids is 1. The van der Waals surface area contributed by atoms with Gasteiger partial charge < -0.3 is 14.4 Å². The Balaban J connectivity index is 1.53. The number of rotatable bonds is 6. The lowest BCUT2D eigenvalue weighted by Crippen LogP contribution is -2.07. The molecule has 0 saturated heterocycles. The van der Waals surface area contributed by atoms with E-state index in [9.17, 15) is 18.0 Å². The summed E-state index contributed by atoms with van der Waals surface area (Å²) in [5, 5.41) is 10.5. The number of aryl methyl sites for hydroxylation is 1. The maximum atomic E-state index is 12.8. The summed E-state index contributed by atoms with van der Waals surface area (Å²) >= 11 is 1.38. The van der Waals surface area contributed by atoms with Gasteiger partial charge in [0, 0.05) is 22.7 Å². The van der Waals surface area contributed by atoms with Crippen LogP contribution in [0.4, 0.5) is 13.2 Å². The van der Waals surface area contributed by atoms with Crippen LogP contribution in [-0.2, 0) is 17.5 Å². The number of fused-ring (bicyclic) bond motifs is 1. The number of carbonyl (C=O) groups is 1. The van der Waals surface area contributed by atoms with E-state index in [0.29, 0.717) is 16.3 Å². The Kier molecular flexibility index (Phi) is 5.68. The fraction of sp³-hybridized carbons (Fsp3) is 0.217. The number of carboxylic acid groups (broad SMARTS) is 1. The molecule has 0 fully saturated rings. The monoisotopic (exact) mass is 460 g/mol. The molecule has 2 aromatic heterocycles. The van der Waals surface area contributed by atoms with Gasteiger partial charge in [0.15, 0.2) is 0 Å². The lowest BCUT2D eigenvalue weighted by molar-refractivity contribution is -0.138. The van der Waals surface area contributed by atoms with Crippen molar-refractivity contribution in [1.82, 2.24) is 9.55 Å². The molecule has 1 atom stereocenters. The smallest absolute Gasteiger partial charge is 0.416 e. The van der Waals surface area contributed by atoms with Crippen molar-refractivity contribution in [2.24, 2.45) is 0 Å². The molecule has 0 radical (unpaired) electrons. The highest BCUT2D eigenvalue weighted by molar-refractivity contribution is 7.15. The van der Waals surface area contributed by atoms with Gasteiger partial charge >= 0.3 is 12.1 Å². The normalized spacial score (nSPS) is 12.8. The zero-order valence-corrected chi connectivity index (χ0v) is 18.0. The van der Waals surface area contributed by atoms with Crippen LogP contribution in [0.3, 0.4) is 0 Å². The van der Waals surface area contributed by atoms with Gasteiger partial charge in [0.05, 0.1) is 16.1 Å². The predicted octanol–water partition coefficient (Wildman–Crippen LogP) is 6.32. The van der Waals surface area contributed by atoms with E-state index in [4.69, 9.17) is 9.84 Å². The predicted molar refractivity (Wildman–Crippen MR) is 116 cm³/mol. The summed E-state index contributed by atoms with van der Waals surface area (Å²) in [4.78, 5) is 16.4. The average molecular weight is 460 g/mol. The standard InChI is InChI=1S/C23H19F3N2O3S/c1-13-21(32-22(27-13)15-3-5-17(6-4-15)23(24,25)26)14(2)31-18-7-8-19-16(11-18)9-10-28(19)12-20(29)30/h3-11,14H,12H2,1-2H3,(H,29,30). The van der Waals surface area contributed by atoms with Gasteiger partial charge in [0.1, 0.15) is 23.4 Å². The van der Waals surface area contributed by atoms with Crippen LogP contribution in [0.5, 0.6) is 5.75 Å². The number of alkyl halides is 3. The maximum Gasteiger partial charge on any atom is 0.416 e. The largest absolute Gasteiger partial charge is 0.485 e. The molecule has 0 aliphatic carbocycles. The molecule has 0 saturated carbocycles. The van der Waals surface area contributed by atoms with E-state index >= 15 is 0 Å². The van der Waals surface area contributed by atoms with Crippen LogP contribution >= 0.6 is 11.3 Å². The highest BCUT2D eigenvalue weighted by Gasteiger charge is 2.30. The molecule has 2 heterocycles. The van der Waals surface area contributed by atoms with E-state index in [0.717, 1.165) is 33.6 Å². The van der Waals surface area contributed by atoms with E-state index in [1.54, 1.807) is 16.8 Å². The van der Waals surface area contributed by atoms with Crippen molar-refractivity contribution in [2.75, 3.05) is 0 Å². The van der Waals surface area contributed by atoms with E-state index < -0.39 is 17.7 Å². The Bertz CT molecular complexity index is 1280. The van der Waals surface area contributed by atoms with Crippen LogP contribution < -0.4 is 4.74 Å². The molecule has 0 spiro atoms. The molecule has 0 amide bonds. The summed E-state index contributed by atoms with van der Waals surface area (Å²) < 4.78 is 46.1. The molecule has 4 aromatic rings. The second-order valence-electron chi connectivity index (χ2n) is 7.36. The second-order valence-corrected chi connectivity index (χ2v) is 8.39. The molecule has 166 valence electrons. The van der Waals surface area contributed by atoms with Crippen LogP contribution in [0.25, 0.3) is 21.5 Å². The van der Waals surface area contributed by atoms with E-state index in [1.807, 2.05) is 32.0 Å². The second kappa shape index (κ2) is 8.31. The minimum absolute atomic E-state index is 0.118. The summed E-state index contributed by atoms with van der Waals surface area (Å²) in [6, 6.07) is 12.2. The van der Waals surface area contributed by atoms with Crippen molar-refractivity contribution in [1.29, 1.82) is 0 Å². The molecule has 4 rings (SSSR count). The topological polar surface area (TPSA) is 64.4 Å². The molecular formula is C23H19F3N2O3S. The number of ether oxygens (including phenoxy) is 1. The van der Waals surface area contributed by atoms with Crippen LogP contribution in [0.1, 0.15) is 29.2 Å². The Morgan fingerprint density at radius 1 is 1.19 bits per heavy atom. The number of benzene rings is 2. The van der Waals surface area contributed by atoms with Crippen LogP contribution in [-0.4, -0.2) is 20.6 Å². The fourth-order valence-electron chi connectivity index (χ4n) is 3.50. The third kappa shape index (κ3) is 4.47. The average Bonchev–Trinajstić information content (AvgIpc) is 3.30. The van der Waals surface area contributed by atoms with Gasteiger partial charge in [-0.2, -0.15) is 13.2 Å². The maximum absolute atomic E-state index is 12.8. The quantitative estimate of drug-likeness (QED) is 0.366. The summed E-state index contributed by atoms with van der Waals surface area (Å²) in [6.07, 6.45) is -2.98. The van der Waals surface area contributed by atoms with Crippen LogP contribution in [0, 0.1) is 6.92 Å². The first kappa shape index (κ1) is 21.9. The number of hydrogen-bond acceptors (Lipinski definition) is 4. The first-order chi connectivity index (χ1) is 15.1. The van der Waals surface area contributed by atoms with Gasteiger partial charge in [-0.25, -0.2) is 4.98 Å². The van der Waals surface area contributed by atoms with Gasteiger partial charge in [0.2, 0.25) is 0 Å². The van der Waals surface area contributed by atoms with Crippen molar-refractivity contribution in [3.8, 4) is 16.3 Å². The Hall–Kier alpha value is -3.33. The van der Waals surface area contributed by atoms with Gasteiger partial charge in [-0.05, 0) is 50.2 Å². The summed E-state index contributed by atoms with van der Waals surface area (Å²) in [6.45, 7) is 3.61. The first-order valence-electron chi connectivity index (χ1n) is 9.74. The Labute approximate surface area is 185 Å². The first-order valence-corrected chi connectivity index (χ1v) is 10.6. The van der Waals surface area contributed by atoms with Gasteiger partial charge in [0.25, 0.3) is 0 Å². The number of aromatic nitrogens is 2. The number of carboxylic acids is 1. The van der Waals surface area contributed by atoms with Crippen molar-refractivity contribution < 1.29 is 27.8 Å². The number of nitrogens with zero attached hydrogens (tertiary/aromatic N) is 2. The lowest BCUT2D eigenvalue weighted by Gasteiger charge is -2.14. The Morgan fingerprint density at radius 3 is 2.56 bits per heavy atom. The van der Waals surface area contributed by atoms with E-state index in [-0.39, 0.29) is 12.6 Å². The molecule has 0 bridgehead atoms. The van der Waals surface area contributed by atoms with E-state index in [1.165, 1.54) is 23.5 Å². The van der Waals surface area contributed by atoms with Crippen molar-refractivity contribution >= 4 is 28.2 Å². The number of halogens is 3. The van der Waals surface area contributed by atoms with Gasteiger partial charge in [-0.15, -0.1) is 11.3 Å². The molecule has 9 heteroatoms. The molecule has 2 aromatic carbocycles. The molecule has 1 unspecified atom stereocenters. The summed E-state index contributed by atoms with van der Waals surface area (Å²) in [7, 11) is 0. The highest BCUT2D eigenvalue weighted by Crippen LogP contribution is 2.36. The third-order valence-electron chi connectivity index (χ3n) is 5.02. The molecule has 1 N–H and O–H groups in total. The highest BCUT2D eigenvalue weighted by atomic mass is 32.1. The Morgan fingerprint density at radius 2 is 1.91 bits per heavy atom. The minimum Gasteiger partial charge on any atom is -0.485 e. The van der Waals surface area contributed by atoms with E-state index in [2.05, 4.69) is 4.98 Å². The molecule has 0 aliphatic rings. The molecule has 0 aliphatic heterocycles. The van der Waals surface area contributed by atoms with Gasteiger partial charge in [-0.3, -0.25) is 4.79 Å². The molecule has 32 heavy (non-hydrogen) atoms. The summed E-state index contributed by atoms with van der Waals surface area (Å²) in [5.74, 6) is -0.289. The van der Waals surface area contributed by atoms with Crippen LogP contribution in [0.2, 0.25) is 0 Å². The van der Waals surface area contributed by atoms with Gasteiger partial charge in [-0.1, -0.05) is 12.1 Å². The SMILES string of the molecule is Cc1nc(-c2ccc(C(F)(F)F)cc2)sc1C(C)Oc1ccc2c(ccn2CC(=O)O)c1. The minimum atomic E-state index is -4.37. The van der Waals surface area contributed by atoms with Crippen LogP contribution in [0.15, 0.2) is 54.7 Å². The zero-order chi connectivity index (χ0) is 23.0. The number of thiazole rings is 1. The lowest BCUT2D eigenvalue weighted by atomic mass is 10.1. The zero-order valence-electron chi connectivity index (χ0n) is 17.2. The van der Waals surface area contributed by atoms with Crippen molar-refractivity contribution in [3.05, 3.63) is 70.9 Å². The molecular weight excluding hydrogens is 441 g/mol. The van der Waals surface area contributed by atoms with Crippen molar-refractivity contribution in [3.63, 3.8) is 0 Å². The summed E-state index contributed by atoms with van der Waals surface area (Å²) in [5.41, 5.74) is 1.47. The third-order valence-corrected chi connectivity index (χ3v) is 6.39. The number of hydrogen-bond donors (Lipinski definition) is 1.